The molecule has 2 saturated heterocycles. The molecular weight excluding hydrogens is 276 g/mol. The molecule has 3 heterocycles. The predicted molar refractivity (Wildman–Crippen MR) is 85.7 cm³/mol. The second-order valence-electron chi connectivity index (χ2n) is 6.47. The van der Waals surface area contributed by atoms with Gasteiger partial charge < -0.3 is 10.2 Å². The first kappa shape index (κ1) is 15.4. The van der Waals surface area contributed by atoms with E-state index in [0.717, 1.165) is 75.5 Å². The standard InChI is InChI=1S/C17H26N4O/c1-13-12-15(4-5-16(22)21-10-2-3-11-21)20-17(19-13)14-6-8-18-9-7-14/h12,14,18H,2-11H2,1H3. The largest absolute Gasteiger partial charge is 0.343 e. The second-order valence-corrected chi connectivity index (χ2v) is 6.47. The van der Waals surface area contributed by atoms with Crippen LogP contribution in [0.2, 0.25) is 0 Å². The lowest BCUT2D eigenvalue weighted by atomic mass is 9.97. The first-order chi connectivity index (χ1) is 10.7. The Bertz CT molecular complexity index is 519. The van der Waals surface area contributed by atoms with Crippen molar-refractivity contribution in [2.24, 2.45) is 0 Å². The van der Waals surface area contributed by atoms with Gasteiger partial charge in [-0.2, -0.15) is 0 Å². The highest BCUT2D eigenvalue weighted by Gasteiger charge is 2.20. The molecule has 0 unspecified atom stereocenters. The fourth-order valence-corrected chi connectivity index (χ4v) is 3.41. The van der Waals surface area contributed by atoms with Gasteiger partial charge in [0.1, 0.15) is 5.82 Å². The molecule has 0 saturated carbocycles. The van der Waals surface area contributed by atoms with Crippen LogP contribution in [-0.4, -0.2) is 47.0 Å². The van der Waals surface area contributed by atoms with Crippen LogP contribution in [0, 0.1) is 6.92 Å². The van der Waals surface area contributed by atoms with E-state index in [1.54, 1.807) is 0 Å². The molecule has 0 spiro atoms. The maximum absolute atomic E-state index is 12.2. The van der Waals surface area contributed by atoms with Crippen molar-refractivity contribution in [3.63, 3.8) is 0 Å². The smallest absolute Gasteiger partial charge is 0.222 e. The molecule has 1 aromatic rings. The van der Waals surface area contributed by atoms with Gasteiger partial charge in [-0.3, -0.25) is 4.79 Å². The third kappa shape index (κ3) is 3.83. The van der Waals surface area contributed by atoms with Crippen molar-refractivity contribution < 1.29 is 4.79 Å². The number of carbonyl (C=O) groups is 1. The number of amides is 1. The fraction of sp³-hybridized carbons (Fsp3) is 0.706. The summed E-state index contributed by atoms with van der Waals surface area (Å²) in [6, 6.07) is 2.03. The first-order valence-electron chi connectivity index (χ1n) is 8.55. The summed E-state index contributed by atoms with van der Waals surface area (Å²) in [6.45, 7) is 5.98. The maximum Gasteiger partial charge on any atom is 0.222 e. The zero-order chi connectivity index (χ0) is 15.4. The van der Waals surface area contributed by atoms with Crippen molar-refractivity contribution in [2.45, 2.75) is 51.4 Å². The molecule has 2 aliphatic rings. The van der Waals surface area contributed by atoms with Crippen molar-refractivity contribution in [3.8, 4) is 0 Å². The van der Waals surface area contributed by atoms with E-state index in [0.29, 0.717) is 12.3 Å². The van der Waals surface area contributed by atoms with Gasteiger partial charge in [0.25, 0.3) is 0 Å². The van der Waals surface area contributed by atoms with Crippen molar-refractivity contribution in [1.82, 2.24) is 20.2 Å². The fourth-order valence-electron chi connectivity index (χ4n) is 3.41. The number of aryl methyl sites for hydroxylation is 2. The van der Waals surface area contributed by atoms with Gasteiger partial charge in [0.05, 0.1) is 0 Å². The van der Waals surface area contributed by atoms with Crippen LogP contribution in [0.5, 0.6) is 0 Å². The van der Waals surface area contributed by atoms with Gasteiger partial charge in [-0.1, -0.05) is 0 Å². The minimum absolute atomic E-state index is 0.275. The van der Waals surface area contributed by atoms with E-state index in [9.17, 15) is 4.79 Å². The summed E-state index contributed by atoms with van der Waals surface area (Å²) in [7, 11) is 0. The molecule has 0 aliphatic carbocycles. The van der Waals surface area contributed by atoms with Gasteiger partial charge >= 0.3 is 0 Å². The normalized spacial score (nSPS) is 19.6. The van der Waals surface area contributed by atoms with Gasteiger partial charge in [0.2, 0.25) is 5.91 Å². The molecule has 2 fully saturated rings. The molecule has 3 rings (SSSR count). The highest BCUT2D eigenvalue weighted by Crippen LogP contribution is 2.22. The number of piperidine rings is 1. The van der Waals surface area contributed by atoms with Crippen molar-refractivity contribution in [3.05, 3.63) is 23.3 Å². The van der Waals surface area contributed by atoms with Gasteiger partial charge in [-0.25, -0.2) is 9.97 Å². The predicted octanol–water partition coefficient (Wildman–Crippen LogP) is 1.81. The Kier molecular flexibility index (Phi) is 5.03. The summed E-state index contributed by atoms with van der Waals surface area (Å²) >= 11 is 0. The van der Waals surface area contributed by atoms with E-state index in [-0.39, 0.29) is 5.91 Å². The van der Waals surface area contributed by atoms with Crippen LogP contribution < -0.4 is 5.32 Å². The number of carbonyl (C=O) groups excluding carboxylic acids is 1. The van der Waals surface area contributed by atoms with Crippen LogP contribution >= 0.6 is 0 Å². The molecule has 0 atom stereocenters. The van der Waals surface area contributed by atoms with Gasteiger partial charge in [-0.05, 0) is 58.2 Å². The number of hydrogen-bond acceptors (Lipinski definition) is 4. The molecule has 2 aliphatic heterocycles. The van der Waals surface area contributed by atoms with Crippen LogP contribution in [0.4, 0.5) is 0 Å². The summed E-state index contributed by atoms with van der Waals surface area (Å²) in [5, 5.41) is 3.38. The van der Waals surface area contributed by atoms with Crippen molar-refractivity contribution >= 4 is 5.91 Å². The summed E-state index contributed by atoms with van der Waals surface area (Å²) in [5.74, 6) is 1.72. The number of aromatic nitrogens is 2. The molecule has 5 heteroatoms. The van der Waals surface area contributed by atoms with Crippen LogP contribution in [0.1, 0.15) is 55.2 Å². The minimum atomic E-state index is 0.275. The second kappa shape index (κ2) is 7.18. The van der Waals surface area contributed by atoms with E-state index in [2.05, 4.69) is 10.3 Å². The Hall–Kier alpha value is -1.49. The lowest BCUT2D eigenvalue weighted by Gasteiger charge is -2.22. The summed E-state index contributed by atoms with van der Waals surface area (Å²) < 4.78 is 0. The Labute approximate surface area is 132 Å². The van der Waals surface area contributed by atoms with Gasteiger partial charge in [-0.15, -0.1) is 0 Å². The van der Waals surface area contributed by atoms with E-state index in [1.807, 2.05) is 17.9 Å². The summed E-state index contributed by atoms with van der Waals surface area (Å²) in [4.78, 5) is 23.5. The third-order valence-corrected chi connectivity index (χ3v) is 4.68. The average molecular weight is 302 g/mol. The Morgan fingerprint density at radius 1 is 1.27 bits per heavy atom. The molecule has 22 heavy (non-hydrogen) atoms. The molecule has 0 radical (unpaired) electrons. The van der Waals surface area contributed by atoms with E-state index < -0.39 is 0 Å². The molecule has 1 aromatic heterocycles. The van der Waals surface area contributed by atoms with Crippen LogP contribution in [0.15, 0.2) is 6.07 Å². The minimum Gasteiger partial charge on any atom is -0.343 e. The molecule has 120 valence electrons. The zero-order valence-electron chi connectivity index (χ0n) is 13.5. The first-order valence-corrected chi connectivity index (χ1v) is 8.55. The zero-order valence-corrected chi connectivity index (χ0v) is 13.5. The SMILES string of the molecule is Cc1cc(CCC(=O)N2CCCC2)nc(C2CCNCC2)n1. The van der Waals surface area contributed by atoms with Crippen LogP contribution in [0.25, 0.3) is 0 Å². The average Bonchev–Trinajstić information content (AvgIpc) is 3.07. The number of likely N-dealkylation sites (tertiary alicyclic amines) is 1. The van der Waals surface area contributed by atoms with Crippen molar-refractivity contribution in [1.29, 1.82) is 0 Å². The van der Waals surface area contributed by atoms with Gasteiger partial charge in [0, 0.05) is 36.8 Å². The Balaban J connectivity index is 1.62. The molecular formula is C17H26N4O. The van der Waals surface area contributed by atoms with Crippen LogP contribution in [-0.2, 0) is 11.2 Å². The highest BCUT2D eigenvalue weighted by atomic mass is 16.2. The Morgan fingerprint density at radius 2 is 2.00 bits per heavy atom. The quantitative estimate of drug-likeness (QED) is 0.921. The lowest BCUT2D eigenvalue weighted by Crippen LogP contribution is -2.28. The molecule has 0 aromatic carbocycles. The number of nitrogens with one attached hydrogen (secondary N) is 1. The highest BCUT2D eigenvalue weighted by molar-refractivity contribution is 5.76. The molecule has 5 nitrogen and oxygen atoms in total. The number of hydrogen-bond donors (Lipinski definition) is 1. The van der Waals surface area contributed by atoms with Crippen LogP contribution in [0.3, 0.4) is 0 Å². The number of nitrogens with zero attached hydrogens (tertiary/aromatic N) is 3. The molecule has 1 amide bonds. The summed E-state index contributed by atoms with van der Waals surface area (Å²) in [6.07, 6.45) is 5.82. The van der Waals surface area contributed by atoms with Crippen molar-refractivity contribution in [2.75, 3.05) is 26.2 Å². The van der Waals surface area contributed by atoms with E-state index in [1.165, 1.54) is 0 Å². The van der Waals surface area contributed by atoms with E-state index in [4.69, 9.17) is 4.98 Å². The third-order valence-electron chi connectivity index (χ3n) is 4.68. The topological polar surface area (TPSA) is 58.1 Å². The molecule has 0 bridgehead atoms. The maximum atomic E-state index is 12.2. The number of rotatable bonds is 4. The molecule has 1 N–H and O–H groups in total. The lowest BCUT2D eigenvalue weighted by molar-refractivity contribution is -0.130. The van der Waals surface area contributed by atoms with Gasteiger partial charge in [0.15, 0.2) is 0 Å². The van der Waals surface area contributed by atoms with E-state index >= 15 is 0 Å². The monoisotopic (exact) mass is 302 g/mol. The Morgan fingerprint density at radius 3 is 2.73 bits per heavy atom. The summed E-state index contributed by atoms with van der Waals surface area (Å²) in [5.41, 5.74) is 2.04.